The van der Waals surface area contributed by atoms with Crippen molar-refractivity contribution in [3.8, 4) is 33.4 Å². The van der Waals surface area contributed by atoms with Crippen LogP contribution in [0.3, 0.4) is 0 Å². The van der Waals surface area contributed by atoms with Gasteiger partial charge in [-0.15, -0.1) is 0 Å². The van der Waals surface area contributed by atoms with E-state index in [9.17, 15) is 6.85 Å². The lowest BCUT2D eigenvalue weighted by atomic mass is 9.84. The zero-order valence-electron chi connectivity index (χ0n) is 41.6. The highest BCUT2D eigenvalue weighted by atomic mass is 16.3. The summed E-state index contributed by atoms with van der Waals surface area (Å²) >= 11 is 0. The highest BCUT2D eigenvalue weighted by Crippen LogP contribution is 2.46. The van der Waals surface area contributed by atoms with E-state index in [0.717, 1.165) is 43.6 Å². The van der Waals surface area contributed by atoms with Gasteiger partial charge < -0.3 is 4.42 Å². The second-order valence-electron chi connectivity index (χ2n) is 12.5. The molecule has 0 bridgehead atoms. The second kappa shape index (κ2) is 10.9. The number of rotatable bonds is 3. The minimum atomic E-state index is -0.757. The molecule has 0 aliphatic heterocycles. The van der Waals surface area contributed by atoms with Crippen LogP contribution in [0.4, 0.5) is 0 Å². The molecule has 0 aliphatic carbocycles. The van der Waals surface area contributed by atoms with E-state index < -0.39 is 107 Å². The van der Waals surface area contributed by atoms with E-state index in [1.807, 2.05) is 60.7 Å². The molecule has 0 amide bonds. The summed E-state index contributed by atoms with van der Waals surface area (Å²) in [7, 11) is 0. The van der Waals surface area contributed by atoms with Crippen LogP contribution in [0.5, 0.6) is 0 Å². The van der Waals surface area contributed by atoms with E-state index in [1.54, 1.807) is 18.2 Å². The predicted octanol–water partition coefficient (Wildman–Crippen LogP) is 14.4. The molecular weight excluding hydrogens is 617 g/mol. The van der Waals surface area contributed by atoms with Gasteiger partial charge >= 0.3 is 0 Å². The van der Waals surface area contributed by atoms with Crippen molar-refractivity contribution < 1.29 is 25.0 Å². The maximum atomic E-state index is 9.43. The molecule has 1 aromatic heterocycles. The first-order chi connectivity index (χ1) is 31.5. The average Bonchev–Trinajstić information content (AvgIpc) is 3.71. The van der Waals surface area contributed by atoms with E-state index in [-0.39, 0.29) is 32.7 Å². The van der Waals surface area contributed by atoms with Crippen molar-refractivity contribution in [1.29, 1.82) is 0 Å². The smallest absolute Gasteiger partial charge is 0.136 e. The summed E-state index contributed by atoms with van der Waals surface area (Å²) in [6.07, 6.45) is 0. The molecule has 0 radical (unpaired) electrons. The third kappa shape index (κ3) is 4.28. The van der Waals surface area contributed by atoms with Crippen molar-refractivity contribution >= 4 is 75.8 Å². The molecule has 1 heteroatoms. The van der Waals surface area contributed by atoms with Crippen LogP contribution in [0, 0.1) is 0 Å². The Hall–Kier alpha value is -6.70. The lowest BCUT2D eigenvalue weighted by Crippen LogP contribution is -1.91. The number of fused-ring (bicyclic) bond motifs is 9. The first-order valence-corrected chi connectivity index (χ1v) is 16.4. The Labute approximate surface area is 315 Å². The summed E-state index contributed by atoms with van der Waals surface area (Å²) in [6, 6.07) is 19.1. The van der Waals surface area contributed by atoms with Gasteiger partial charge in [-0.1, -0.05) is 151 Å². The fourth-order valence-corrected chi connectivity index (χ4v) is 7.47. The van der Waals surface area contributed by atoms with E-state index in [2.05, 4.69) is 12.1 Å². The van der Waals surface area contributed by atoms with E-state index in [1.165, 1.54) is 0 Å². The monoisotopic (exact) mass is 661 g/mol. The molecule has 0 saturated heterocycles. The normalized spacial score (nSPS) is 16.0. The third-order valence-corrected chi connectivity index (χ3v) is 9.76. The van der Waals surface area contributed by atoms with Gasteiger partial charge in [-0.05, 0) is 118 Å². The Bertz CT molecular complexity index is 3970. The highest BCUT2D eigenvalue weighted by molar-refractivity contribution is 6.24. The van der Waals surface area contributed by atoms with Crippen LogP contribution < -0.4 is 0 Å². The van der Waals surface area contributed by atoms with Gasteiger partial charge in [-0.3, -0.25) is 0 Å². The number of benzene rings is 10. The summed E-state index contributed by atoms with van der Waals surface area (Å²) < 4.78 is 141. The van der Waals surface area contributed by atoms with Crippen LogP contribution in [0.1, 0.15) is 20.6 Å². The van der Waals surface area contributed by atoms with Gasteiger partial charge in [0.05, 0.1) is 20.6 Å². The maximum Gasteiger partial charge on any atom is 0.136 e. The molecule has 11 aromatic rings. The summed E-state index contributed by atoms with van der Waals surface area (Å²) in [5, 5.41) is 3.85. The first kappa shape index (κ1) is 17.3. The molecule has 11 rings (SSSR count). The molecule has 0 unspecified atom stereocenters. The zero-order valence-corrected chi connectivity index (χ0v) is 26.6. The fourth-order valence-electron chi connectivity index (χ4n) is 7.47. The van der Waals surface area contributed by atoms with Crippen LogP contribution in [-0.4, -0.2) is 0 Å². The van der Waals surface area contributed by atoms with Crippen molar-refractivity contribution in [2.75, 3.05) is 0 Å². The first-order valence-electron chi connectivity index (χ1n) is 23.9. The largest absolute Gasteiger partial charge is 0.456 e. The van der Waals surface area contributed by atoms with Crippen molar-refractivity contribution in [3.05, 3.63) is 182 Å². The molecule has 0 saturated carbocycles. The van der Waals surface area contributed by atoms with Gasteiger partial charge in [0, 0.05) is 10.8 Å². The molecule has 1 heterocycles. The van der Waals surface area contributed by atoms with Gasteiger partial charge in [0.15, 0.2) is 0 Å². The number of hydrogen-bond donors (Lipinski definition) is 0. The van der Waals surface area contributed by atoms with Gasteiger partial charge in [-0.25, -0.2) is 0 Å². The molecule has 0 spiro atoms. The Morgan fingerprint density at radius 2 is 0.961 bits per heavy atom. The van der Waals surface area contributed by atoms with Crippen LogP contribution in [0.2, 0.25) is 0 Å². The Balaban J connectivity index is 1.25. The lowest BCUT2D eigenvalue weighted by Gasteiger charge is -2.19. The lowest BCUT2D eigenvalue weighted by molar-refractivity contribution is 0.669. The fraction of sp³-hybridized carbons (Fsp3) is 0. The molecule has 0 N–H and O–H groups in total. The van der Waals surface area contributed by atoms with Crippen molar-refractivity contribution in [2.24, 2.45) is 0 Å². The van der Waals surface area contributed by atoms with E-state index in [0.29, 0.717) is 16.5 Å². The summed E-state index contributed by atoms with van der Waals surface area (Å²) in [6.45, 7) is 0. The molecular formula is C50H30O. The zero-order chi connectivity index (χ0) is 46.5. The minimum Gasteiger partial charge on any atom is -0.456 e. The summed E-state index contributed by atoms with van der Waals surface area (Å²) in [5.74, 6) is 0. The SMILES string of the molecule is [2H]c1c([2H])c([2H])c2c(-c3c4c([2H])c([2H])c([2H])c([2H])c4c(-c4ccc5ccc(-c6ccc7c(c6)oc6ccc8ccccc8c67)cc5c4)c4c([2H])c([2H])c([2H])c([2H])c34)c([2H])c([2H])c([2H])c2c1[2H]. The quantitative estimate of drug-likeness (QED) is 0.172. The van der Waals surface area contributed by atoms with E-state index >= 15 is 0 Å². The number of hydrogen-bond acceptors (Lipinski definition) is 1. The van der Waals surface area contributed by atoms with Crippen LogP contribution in [0.15, 0.2) is 186 Å². The van der Waals surface area contributed by atoms with Crippen LogP contribution in [-0.2, 0) is 0 Å². The van der Waals surface area contributed by atoms with Gasteiger partial charge in [0.25, 0.3) is 0 Å². The Kier molecular flexibility index (Phi) is 3.70. The second-order valence-corrected chi connectivity index (χ2v) is 12.5. The predicted molar refractivity (Wildman–Crippen MR) is 218 cm³/mol. The van der Waals surface area contributed by atoms with Gasteiger partial charge in [0.1, 0.15) is 11.2 Å². The standard InChI is InChI=1S/C50H30O/c1-3-13-38-32(10-1)12-9-19-40(38)49-43-17-7-5-15-41(43)48(42-16-6-8-18-44(42)49)36-23-21-31-20-22-34(28-37(31)29-36)35-24-26-45-47(30-35)51-46-27-25-33-11-2-4-14-39(33)50(45)46/h1-30H/i1D,3D,5D,6D,7D,8D,9D,10D,12D,13D,15D,16D,17D,18D,19D. The summed E-state index contributed by atoms with van der Waals surface area (Å²) in [4.78, 5) is 0. The third-order valence-electron chi connectivity index (χ3n) is 9.76. The minimum absolute atomic E-state index is 0.0342. The molecule has 10 aromatic carbocycles. The average molecular weight is 662 g/mol. The van der Waals surface area contributed by atoms with Crippen LogP contribution in [0.25, 0.3) is 109 Å². The topological polar surface area (TPSA) is 13.1 Å². The van der Waals surface area contributed by atoms with E-state index in [4.69, 9.17) is 18.1 Å². The molecule has 51 heavy (non-hydrogen) atoms. The maximum absolute atomic E-state index is 9.43. The Morgan fingerprint density at radius 3 is 1.76 bits per heavy atom. The molecule has 236 valence electrons. The van der Waals surface area contributed by atoms with Crippen molar-refractivity contribution in [1.82, 2.24) is 0 Å². The molecule has 1 nitrogen and oxygen atoms in total. The van der Waals surface area contributed by atoms with Crippen molar-refractivity contribution in [3.63, 3.8) is 0 Å². The van der Waals surface area contributed by atoms with Gasteiger partial charge in [-0.2, -0.15) is 0 Å². The molecule has 0 aliphatic rings. The van der Waals surface area contributed by atoms with Crippen molar-refractivity contribution in [2.45, 2.75) is 0 Å². The number of furan rings is 1. The van der Waals surface area contributed by atoms with Gasteiger partial charge in [0.2, 0.25) is 0 Å². The molecule has 0 atom stereocenters. The highest BCUT2D eigenvalue weighted by Gasteiger charge is 2.18. The Morgan fingerprint density at radius 1 is 0.353 bits per heavy atom. The molecule has 0 fully saturated rings. The summed E-state index contributed by atoms with van der Waals surface area (Å²) in [5.41, 5.74) is 2.71. The van der Waals surface area contributed by atoms with Crippen LogP contribution >= 0.6 is 0 Å².